The van der Waals surface area contributed by atoms with E-state index >= 15 is 0 Å². The van der Waals surface area contributed by atoms with E-state index < -0.39 is 23.6 Å². The van der Waals surface area contributed by atoms with E-state index in [1.54, 1.807) is 30.3 Å². The molecule has 1 unspecified atom stereocenters. The number of alkyl halides is 3. The Hall–Kier alpha value is -3.49. The molecule has 0 spiro atoms. The first-order valence-electron chi connectivity index (χ1n) is 9.95. The average Bonchev–Trinajstić information content (AvgIpc) is 3.29. The average molecular weight is 449 g/mol. The SMILES string of the molecule is CCC(COc1ccc([C@H](CC(=O)O)c2ccon2)cc1)Oc1ccc(C(F)(F)F)cc1. The van der Waals surface area contributed by atoms with Crippen LogP contribution >= 0.6 is 0 Å². The molecule has 0 aliphatic heterocycles. The Morgan fingerprint density at radius 1 is 1.06 bits per heavy atom. The molecule has 170 valence electrons. The summed E-state index contributed by atoms with van der Waals surface area (Å²) >= 11 is 0. The summed E-state index contributed by atoms with van der Waals surface area (Å²) < 4.78 is 54.4. The van der Waals surface area contributed by atoms with Gasteiger partial charge >= 0.3 is 12.1 Å². The number of hydrogen-bond donors (Lipinski definition) is 1. The van der Waals surface area contributed by atoms with Gasteiger partial charge < -0.3 is 19.1 Å². The van der Waals surface area contributed by atoms with Crippen molar-refractivity contribution in [3.05, 3.63) is 77.7 Å². The number of carboxylic acids is 1. The minimum absolute atomic E-state index is 0.133. The summed E-state index contributed by atoms with van der Waals surface area (Å²) in [6.07, 6.45) is -2.91. The molecule has 2 atom stereocenters. The molecule has 6 nitrogen and oxygen atoms in total. The second kappa shape index (κ2) is 10.2. The van der Waals surface area contributed by atoms with Gasteiger partial charge in [-0.2, -0.15) is 13.2 Å². The largest absolute Gasteiger partial charge is 0.490 e. The number of aliphatic carboxylic acids is 1. The van der Waals surface area contributed by atoms with E-state index in [9.17, 15) is 23.1 Å². The molecule has 0 aliphatic carbocycles. The van der Waals surface area contributed by atoms with Gasteiger partial charge in [0.25, 0.3) is 0 Å². The van der Waals surface area contributed by atoms with Gasteiger partial charge in [-0.3, -0.25) is 4.79 Å². The number of halogens is 3. The summed E-state index contributed by atoms with van der Waals surface area (Å²) in [4.78, 5) is 11.2. The van der Waals surface area contributed by atoms with Crippen LogP contribution in [-0.4, -0.2) is 28.9 Å². The van der Waals surface area contributed by atoms with E-state index in [1.165, 1.54) is 18.4 Å². The number of ether oxygens (including phenoxy) is 2. The highest BCUT2D eigenvalue weighted by atomic mass is 19.4. The molecular formula is C23H22F3NO5. The molecule has 2 aromatic carbocycles. The predicted molar refractivity (Wildman–Crippen MR) is 109 cm³/mol. The zero-order chi connectivity index (χ0) is 23.1. The lowest BCUT2D eigenvalue weighted by molar-refractivity contribution is -0.138. The highest BCUT2D eigenvalue weighted by Gasteiger charge is 2.30. The Kier molecular flexibility index (Phi) is 7.40. The summed E-state index contributed by atoms with van der Waals surface area (Å²) in [7, 11) is 0. The lowest BCUT2D eigenvalue weighted by Crippen LogP contribution is -2.24. The standard InChI is InChI=1S/C23H22F3NO5/c1-2-17(32-19-9-5-16(6-10-19)23(24,25)26)14-30-18-7-3-15(4-8-18)20(13-22(28)29)21-11-12-31-27-21/h3-12,17,20H,2,13-14H2,1H3,(H,28,29)/t17?,20-/m0/s1. The molecule has 9 heteroatoms. The Bertz CT molecular complexity index is 986. The molecule has 3 aromatic rings. The summed E-state index contributed by atoms with van der Waals surface area (Å²) in [6.45, 7) is 2.08. The van der Waals surface area contributed by atoms with Crippen LogP contribution < -0.4 is 9.47 Å². The molecule has 1 heterocycles. The monoisotopic (exact) mass is 449 g/mol. The van der Waals surface area contributed by atoms with Crippen LogP contribution in [0.2, 0.25) is 0 Å². The third-order valence-electron chi connectivity index (χ3n) is 4.85. The second-order valence-electron chi connectivity index (χ2n) is 7.13. The normalized spacial score (nSPS) is 13.4. The quantitative estimate of drug-likeness (QED) is 0.438. The summed E-state index contributed by atoms with van der Waals surface area (Å²) in [5, 5.41) is 13.0. The number of carboxylic acid groups (broad SMARTS) is 1. The van der Waals surface area contributed by atoms with Crippen molar-refractivity contribution in [2.75, 3.05) is 6.61 Å². The lowest BCUT2D eigenvalue weighted by atomic mass is 9.92. The number of benzene rings is 2. The van der Waals surface area contributed by atoms with Gasteiger partial charge in [0, 0.05) is 12.0 Å². The second-order valence-corrected chi connectivity index (χ2v) is 7.13. The fraction of sp³-hybridized carbons (Fsp3) is 0.304. The van der Waals surface area contributed by atoms with Gasteiger partial charge in [0.05, 0.1) is 17.7 Å². The first-order chi connectivity index (χ1) is 15.3. The maximum atomic E-state index is 12.7. The topological polar surface area (TPSA) is 81.8 Å². The fourth-order valence-corrected chi connectivity index (χ4v) is 3.11. The molecule has 0 saturated heterocycles. The van der Waals surface area contributed by atoms with Crippen molar-refractivity contribution < 1.29 is 37.1 Å². The van der Waals surface area contributed by atoms with Crippen molar-refractivity contribution in [1.82, 2.24) is 5.16 Å². The number of nitrogens with zero attached hydrogens (tertiary/aromatic N) is 1. The van der Waals surface area contributed by atoms with Gasteiger partial charge in [0.15, 0.2) is 0 Å². The van der Waals surface area contributed by atoms with Crippen LogP contribution in [0.5, 0.6) is 11.5 Å². The van der Waals surface area contributed by atoms with Crippen LogP contribution in [0.4, 0.5) is 13.2 Å². The van der Waals surface area contributed by atoms with Gasteiger partial charge in [-0.15, -0.1) is 0 Å². The van der Waals surface area contributed by atoms with E-state index in [1.807, 2.05) is 6.92 Å². The molecule has 0 amide bonds. The minimum atomic E-state index is -4.39. The van der Waals surface area contributed by atoms with Crippen molar-refractivity contribution in [3.63, 3.8) is 0 Å². The van der Waals surface area contributed by atoms with Crippen molar-refractivity contribution in [2.24, 2.45) is 0 Å². The number of rotatable bonds is 10. The predicted octanol–water partition coefficient (Wildman–Crippen LogP) is 5.54. The Morgan fingerprint density at radius 2 is 1.72 bits per heavy atom. The molecule has 1 N–H and O–H groups in total. The third-order valence-corrected chi connectivity index (χ3v) is 4.85. The van der Waals surface area contributed by atoms with E-state index in [0.717, 1.165) is 17.7 Å². The first-order valence-corrected chi connectivity index (χ1v) is 9.95. The Morgan fingerprint density at radius 3 is 2.25 bits per heavy atom. The van der Waals surface area contributed by atoms with E-state index in [2.05, 4.69) is 5.16 Å². The van der Waals surface area contributed by atoms with Crippen molar-refractivity contribution in [1.29, 1.82) is 0 Å². The molecule has 0 aliphatic rings. The molecule has 32 heavy (non-hydrogen) atoms. The maximum absolute atomic E-state index is 12.7. The minimum Gasteiger partial charge on any atom is -0.490 e. The smallest absolute Gasteiger partial charge is 0.416 e. The third kappa shape index (κ3) is 6.26. The lowest BCUT2D eigenvalue weighted by Gasteiger charge is -2.19. The van der Waals surface area contributed by atoms with E-state index in [4.69, 9.17) is 14.0 Å². The van der Waals surface area contributed by atoms with Gasteiger partial charge in [-0.1, -0.05) is 24.2 Å². The van der Waals surface area contributed by atoms with Gasteiger partial charge in [-0.25, -0.2) is 0 Å². The number of hydrogen-bond acceptors (Lipinski definition) is 5. The zero-order valence-electron chi connectivity index (χ0n) is 17.2. The Labute approximate surface area is 182 Å². The van der Waals surface area contributed by atoms with E-state index in [-0.39, 0.29) is 19.1 Å². The van der Waals surface area contributed by atoms with Gasteiger partial charge in [0.1, 0.15) is 30.5 Å². The fourth-order valence-electron chi connectivity index (χ4n) is 3.11. The van der Waals surface area contributed by atoms with Gasteiger partial charge in [-0.05, 0) is 48.4 Å². The highest BCUT2D eigenvalue weighted by Crippen LogP contribution is 2.31. The summed E-state index contributed by atoms with van der Waals surface area (Å²) in [6, 6.07) is 13.1. The number of aromatic nitrogens is 1. The Balaban J connectivity index is 1.60. The highest BCUT2D eigenvalue weighted by molar-refractivity contribution is 5.68. The van der Waals surface area contributed by atoms with Crippen LogP contribution in [0.25, 0.3) is 0 Å². The zero-order valence-corrected chi connectivity index (χ0v) is 17.2. The van der Waals surface area contributed by atoms with Crippen molar-refractivity contribution >= 4 is 5.97 Å². The van der Waals surface area contributed by atoms with Crippen LogP contribution in [-0.2, 0) is 11.0 Å². The van der Waals surface area contributed by atoms with Crippen LogP contribution in [0.1, 0.15) is 42.5 Å². The van der Waals surface area contributed by atoms with E-state index in [0.29, 0.717) is 23.6 Å². The number of carbonyl (C=O) groups is 1. The molecule has 0 radical (unpaired) electrons. The van der Waals surface area contributed by atoms with Gasteiger partial charge in [0.2, 0.25) is 0 Å². The molecule has 0 fully saturated rings. The summed E-state index contributed by atoms with van der Waals surface area (Å²) in [5.74, 6) is -0.526. The van der Waals surface area contributed by atoms with Crippen LogP contribution in [0.3, 0.4) is 0 Å². The van der Waals surface area contributed by atoms with Crippen LogP contribution in [0.15, 0.2) is 65.4 Å². The maximum Gasteiger partial charge on any atom is 0.416 e. The first kappa shape index (κ1) is 23.2. The molecule has 3 rings (SSSR count). The molecule has 0 saturated carbocycles. The molecule has 0 bridgehead atoms. The molecule has 1 aromatic heterocycles. The van der Waals surface area contributed by atoms with Crippen molar-refractivity contribution in [3.8, 4) is 11.5 Å². The van der Waals surface area contributed by atoms with Crippen LogP contribution in [0, 0.1) is 0 Å². The molecular weight excluding hydrogens is 427 g/mol. The summed E-state index contributed by atoms with van der Waals surface area (Å²) in [5.41, 5.74) is 0.541. The van der Waals surface area contributed by atoms with Crippen molar-refractivity contribution in [2.45, 2.75) is 38.0 Å².